The van der Waals surface area contributed by atoms with Gasteiger partial charge in [-0.15, -0.1) is 0 Å². The summed E-state index contributed by atoms with van der Waals surface area (Å²) >= 11 is 3.23. The summed E-state index contributed by atoms with van der Waals surface area (Å²) in [5.74, 6) is -0.568. The summed E-state index contributed by atoms with van der Waals surface area (Å²) in [6.07, 6.45) is 4.90. The van der Waals surface area contributed by atoms with Crippen LogP contribution in [-0.4, -0.2) is 20.0 Å². The van der Waals surface area contributed by atoms with Crippen molar-refractivity contribution in [2.45, 2.75) is 37.0 Å². The molecule has 0 bridgehead atoms. The molecule has 5 heteroatoms. The van der Waals surface area contributed by atoms with E-state index in [1.165, 1.54) is 6.07 Å². The highest BCUT2D eigenvalue weighted by molar-refractivity contribution is 9.10. The van der Waals surface area contributed by atoms with Crippen LogP contribution in [0.15, 0.2) is 33.6 Å². The number of hydrogen-bond acceptors (Lipinski definition) is 3. The van der Waals surface area contributed by atoms with Gasteiger partial charge in [0.1, 0.15) is 5.75 Å². The summed E-state index contributed by atoms with van der Waals surface area (Å²) in [4.78, 5) is 12.3. The third-order valence-electron chi connectivity index (χ3n) is 3.56. The van der Waals surface area contributed by atoms with Gasteiger partial charge in [-0.2, -0.15) is 0 Å². The topological polar surface area (TPSA) is 51.2 Å². The molecule has 0 amide bonds. The number of rotatable bonds is 4. The Morgan fingerprint density at radius 3 is 2.42 bits per heavy atom. The Kier molecular flexibility index (Phi) is 4.79. The average molecular weight is 345 g/mol. The summed E-state index contributed by atoms with van der Waals surface area (Å²) < 4.78 is 25.0. The quantitative estimate of drug-likeness (QED) is 0.841. The zero-order valence-corrected chi connectivity index (χ0v) is 13.0. The third-order valence-corrected chi connectivity index (χ3v) is 6.21. The first-order valence-corrected chi connectivity index (χ1v) is 8.95. The predicted octanol–water partition coefficient (Wildman–Crippen LogP) is 3.37. The molecule has 0 unspecified atom stereocenters. The van der Waals surface area contributed by atoms with E-state index in [0.717, 1.165) is 32.1 Å². The van der Waals surface area contributed by atoms with Gasteiger partial charge in [0, 0.05) is 10.4 Å². The molecule has 0 spiro atoms. The maximum atomic E-state index is 12.3. The fourth-order valence-electron chi connectivity index (χ4n) is 2.50. The van der Waals surface area contributed by atoms with E-state index in [1.54, 1.807) is 18.2 Å². The maximum absolute atomic E-state index is 12.3. The first-order valence-electron chi connectivity index (χ1n) is 6.51. The summed E-state index contributed by atoms with van der Waals surface area (Å²) in [6.45, 7) is 0. The molecule has 0 radical (unpaired) electrons. The lowest BCUT2D eigenvalue weighted by atomic mass is 9.87. The lowest BCUT2D eigenvalue weighted by Crippen LogP contribution is -2.25. The largest absolute Gasteiger partial charge is 0.298 e. The van der Waals surface area contributed by atoms with Crippen molar-refractivity contribution >= 4 is 31.6 Å². The van der Waals surface area contributed by atoms with Gasteiger partial charge in [-0.25, -0.2) is 8.42 Å². The Morgan fingerprint density at radius 1 is 1.16 bits per heavy atom. The Hall–Kier alpha value is -0.680. The summed E-state index contributed by atoms with van der Waals surface area (Å²) in [6, 6.07) is 6.64. The van der Waals surface area contributed by atoms with Crippen LogP contribution in [0.5, 0.6) is 0 Å². The van der Waals surface area contributed by atoms with Crippen molar-refractivity contribution in [3.63, 3.8) is 0 Å². The number of Topliss-reactive ketones (excluding diaryl/α,β-unsaturated/α-hetero) is 1. The normalized spacial score (nSPS) is 17.3. The van der Waals surface area contributed by atoms with E-state index in [-0.39, 0.29) is 22.3 Å². The zero-order chi connectivity index (χ0) is 13.9. The molecule has 0 N–H and O–H groups in total. The standard InChI is InChI=1S/C14H17BrO3S/c15-12-8-4-5-9-14(12)19(17,18)10-13(16)11-6-2-1-3-7-11/h4-5,8-9,11H,1-3,6-7,10H2. The Morgan fingerprint density at radius 2 is 1.79 bits per heavy atom. The molecule has 19 heavy (non-hydrogen) atoms. The number of carbonyl (C=O) groups is 1. The van der Waals surface area contributed by atoms with E-state index in [0.29, 0.717) is 4.47 Å². The molecule has 0 heterocycles. The lowest BCUT2D eigenvalue weighted by molar-refractivity contribution is -0.121. The fraction of sp³-hybridized carbons (Fsp3) is 0.500. The van der Waals surface area contributed by atoms with Crippen LogP contribution in [0.2, 0.25) is 0 Å². The van der Waals surface area contributed by atoms with Crippen molar-refractivity contribution < 1.29 is 13.2 Å². The molecule has 0 saturated heterocycles. The van der Waals surface area contributed by atoms with Crippen LogP contribution in [0, 0.1) is 5.92 Å². The summed E-state index contributed by atoms with van der Waals surface area (Å²) in [7, 11) is -3.54. The van der Waals surface area contributed by atoms with Crippen LogP contribution < -0.4 is 0 Å². The molecule has 1 aliphatic rings. The van der Waals surface area contributed by atoms with Crippen molar-refractivity contribution in [2.24, 2.45) is 5.92 Å². The van der Waals surface area contributed by atoms with Crippen molar-refractivity contribution in [1.82, 2.24) is 0 Å². The second kappa shape index (κ2) is 6.18. The lowest BCUT2D eigenvalue weighted by Gasteiger charge is -2.20. The highest BCUT2D eigenvalue weighted by Gasteiger charge is 2.27. The van der Waals surface area contributed by atoms with Gasteiger partial charge in [-0.3, -0.25) is 4.79 Å². The van der Waals surface area contributed by atoms with Crippen molar-refractivity contribution in [2.75, 3.05) is 5.75 Å². The number of ketones is 1. The molecule has 1 saturated carbocycles. The molecule has 104 valence electrons. The summed E-state index contributed by atoms with van der Waals surface area (Å²) in [5.41, 5.74) is 0. The van der Waals surface area contributed by atoms with E-state index in [4.69, 9.17) is 0 Å². The van der Waals surface area contributed by atoms with E-state index < -0.39 is 9.84 Å². The van der Waals surface area contributed by atoms with Gasteiger partial charge >= 0.3 is 0 Å². The SMILES string of the molecule is O=C(CS(=O)(=O)c1ccccc1Br)C1CCCCC1. The molecule has 0 aromatic heterocycles. The zero-order valence-electron chi connectivity index (χ0n) is 10.6. The molecular weight excluding hydrogens is 328 g/mol. The highest BCUT2D eigenvalue weighted by Crippen LogP contribution is 2.27. The predicted molar refractivity (Wildman–Crippen MR) is 77.8 cm³/mol. The molecule has 2 rings (SSSR count). The molecule has 1 aromatic rings. The van der Waals surface area contributed by atoms with Crippen molar-refractivity contribution in [3.8, 4) is 0 Å². The fourth-order valence-corrected chi connectivity index (χ4v) is 4.95. The Balaban J connectivity index is 2.13. The molecule has 1 aliphatic carbocycles. The van der Waals surface area contributed by atoms with Gasteiger partial charge in [0.25, 0.3) is 0 Å². The minimum Gasteiger partial charge on any atom is -0.298 e. The van der Waals surface area contributed by atoms with Gasteiger partial charge in [-0.1, -0.05) is 31.4 Å². The van der Waals surface area contributed by atoms with E-state index in [2.05, 4.69) is 15.9 Å². The second-order valence-electron chi connectivity index (χ2n) is 4.99. The van der Waals surface area contributed by atoms with Crippen LogP contribution in [0.25, 0.3) is 0 Å². The molecule has 1 fully saturated rings. The van der Waals surface area contributed by atoms with Gasteiger partial charge in [0.15, 0.2) is 15.6 Å². The maximum Gasteiger partial charge on any atom is 0.186 e. The minimum absolute atomic E-state index is 0.0639. The first-order chi connectivity index (χ1) is 9.00. The molecule has 1 aromatic carbocycles. The number of benzene rings is 1. The number of carbonyl (C=O) groups excluding carboxylic acids is 1. The van der Waals surface area contributed by atoms with Gasteiger partial charge in [-0.05, 0) is 40.9 Å². The van der Waals surface area contributed by atoms with Crippen LogP contribution in [-0.2, 0) is 14.6 Å². The Bertz CT molecular complexity index is 560. The minimum atomic E-state index is -3.54. The summed E-state index contributed by atoms with van der Waals surface area (Å²) in [5, 5.41) is 0. The first kappa shape index (κ1) is 14.7. The molecular formula is C14H17BrO3S. The van der Waals surface area contributed by atoms with E-state index in [9.17, 15) is 13.2 Å². The van der Waals surface area contributed by atoms with Gasteiger partial charge in [0.2, 0.25) is 0 Å². The van der Waals surface area contributed by atoms with Crippen LogP contribution in [0.1, 0.15) is 32.1 Å². The third kappa shape index (κ3) is 3.66. The van der Waals surface area contributed by atoms with E-state index >= 15 is 0 Å². The van der Waals surface area contributed by atoms with Crippen LogP contribution in [0.3, 0.4) is 0 Å². The average Bonchev–Trinajstić information content (AvgIpc) is 2.39. The molecule has 0 aliphatic heterocycles. The number of halogens is 1. The number of sulfone groups is 1. The molecule has 3 nitrogen and oxygen atoms in total. The highest BCUT2D eigenvalue weighted by atomic mass is 79.9. The van der Waals surface area contributed by atoms with E-state index in [1.807, 2.05) is 0 Å². The second-order valence-corrected chi connectivity index (χ2v) is 7.80. The van der Waals surface area contributed by atoms with Gasteiger partial charge in [0.05, 0.1) is 4.90 Å². The van der Waals surface area contributed by atoms with Crippen molar-refractivity contribution in [1.29, 1.82) is 0 Å². The monoisotopic (exact) mass is 344 g/mol. The molecule has 0 atom stereocenters. The van der Waals surface area contributed by atoms with Crippen LogP contribution >= 0.6 is 15.9 Å². The smallest absolute Gasteiger partial charge is 0.186 e. The Labute approximate surface area is 122 Å². The van der Waals surface area contributed by atoms with Crippen LogP contribution in [0.4, 0.5) is 0 Å². The van der Waals surface area contributed by atoms with Crippen molar-refractivity contribution in [3.05, 3.63) is 28.7 Å². The van der Waals surface area contributed by atoms with Gasteiger partial charge < -0.3 is 0 Å². The number of hydrogen-bond donors (Lipinski definition) is 0.